The first-order valence-corrected chi connectivity index (χ1v) is 13.1. The molecule has 0 spiro atoms. The molecule has 1 fully saturated rings. The molecular formula is C27H34N6O3. The molecule has 1 aliphatic heterocycles. The molecule has 1 aliphatic carbocycles. The van der Waals surface area contributed by atoms with E-state index in [1.54, 1.807) is 0 Å². The standard InChI is InChI=1S/C27H34N6O3/c1-19(34)31-27(14-5-2-3-6-15-27)26-30-25(36-32-26)13-12-24(35)28-21-10-8-9-20(17-21)22-18-33-16-7-4-11-23(33)29-22/h8-10,17-18H,2-7,11-16H2,1H3,(H,28,35)(H,31,34). The molecule has 9 heteroatoms. The Kier molecular flexibility index (Phi) is 7.16. The van der Waals surface area contributed by atoms with E-state index < -0.39 is 5.54 Å². The van der Waals surface area contributed by atoms with Crippen molar-refractivity contribution in [3.05, 3.63) is 48.0 Å². The number of hydrogen-bond donors (Lipinski definition) is 2. The van der Waals surface area contributed by atoms with Crippen molar-refractivity contribution >= 4 is 17.5 Å². The van der Waals surface area contributed by atoms with Crippen LogP contribution in [0.4, 0.5) is 5.69 Å². The summed E-state index contributed by atoms with van der Waals surface area (Å²) in [6.07, 6.45) is 11.9. The normalized spacial score (nSPS) is 17.1. The number of carbonyl (C=O) groups is 2. The summed E-state index contributed by atoms with van der Waals surface area (Å²) in [7, 11) is 0. The molecule has 0 atom stereocenters. The highest BCUT2D eigenvalue weighted by molar-refractivity contribution is 5.91. The number of nitrogens with one attached hydrogen (secondary N) is 2. The molecule has 0 unspecified atom stereocenters. The molecule has 1 aromatic carbocycles. The van der Waals surface area contributed by atoms with Crippen LogP contribution in [0.5, 0.6) is 0 Å². The lowest BCUT2D eigenvalue weighted by molar-refractivity contribution is -0.121. The van der Waals surface area contributed by atoms with E-state index in [0.717, 1.165) is 74.3 Å². The molecule has 3 aromatic rings. The van der Waals surface area contributed by atoms with Crippen LogP contribution in [0.1, 0.15) is 82.3 Å². The van der Waals surface area contributed by atoms with Crippen LogP contribution < -0.4 is 10.6 Å². The molecular weight excluding hydrogens is 456 g/mol. The molecule has 9 nitrogen and oxygen atoms in total. The smallest absolute Gasteiger partial charge is 0.227 e. The largest absolute Gasteiger partial charge is 0.343 e. The highest BCUT2D eigenvalue weighted by Gasteiger charge is 2.38. The summed E-state index contributed by atoms with van der Waals surface area (Å²) in [5.41, 5.74) is 2.08. The maximum Gasteiger partial charge on any atom is 0.227 e. The minimum Gasteiger partial charge on any atom is -0.343 e. The van der Waals surface area contributed by atoms with Gasteiger partial charge in [0.2, 0.25) is 17.7 Å². The second-order valence-corrected chi connectivity index (χ2v) is 10.0. The molecule has 2 amide bonds. The maximum absolute atomic E-state index is 12.7. The molecule has 2 aromatic heterocycles. The Morgan fingerprint density at radius 2 is 1.92 bits per heavy atom. The number of aromatic nitrogens is 4. The molecule has 5 rings (SSSR count). The fourth-order valence-corrected chi connectivity index (χ4v) is 5.38. The fourth-order valence-electron chi connectivity index (χ4n) is 5.38. The van der Waals surface area contributed by atoms with Gasteiger partial charge in [-0.2, -0.15) is 4.98 Å². The van der Waals surface area contributed by atoms with Gasteiger partial charge in [-0.1, -0.05) is 43.0 Å². The molecule has 2 N–H and O–H groups in total. The lowest BCUT2D eigenvalue weighted by Crippen LogP contribution is -2.45. The molecule has 0 saturated heterocycles. The van der Waals surface area contributed by atoms with E-state index in [2.05, 4.69) is 31.5 Å². The van der Waals surface area contributed by atoms with E-state index in [-0.39, 0.29) is 18.2 Å². The summed E-state index contributed by atoms with van der Waals surface area (Å²) in [5.74, 6) is 1.84. The quantitative estimate of drug-likeness (QED) is 0.471. The van der Waals surface area contributed by atoms with Crippen LogP contribution in [0.2, 0.25) is 0 Å². The number of carbonyl (C=O) groups excluding carboxylic acids is 2. The first-order valence-electron chi connectivity index (χ1n) is 13.1. The summed E-state index contributed by atoms with van der Waals surface area (Å²) in [4.78, 5) is 34.0. The predicted octanol–water partition coefficient (Wildman–Crippen LogP) is 4.53. The van der Waals surface area contributed by atoms with E-state index in [1.807, 2.05) is 24.3 Å². The van der Waals surface area contributed by atoms with E-state index >= 15 is 0 Å². The molecule has 1 saturated carbocycles. The average molecular weight is 491 g/mol. The second kappa shape index (κ2) is 10.6. The van der Waals surface area contributed by atoms with Gasteiger partial charge in [0.05, 0.1) is 5.69 Å². The third-order valence-corrected chi connectivity index (χ3v) is 7.19. The van der Waals surface area contributed by atoms with Crippen LogP contribution in [0.15, 0.2) is 35.0 Å². The Labute approximate surface area is 211 Å². The summed E-state index contributed by atoms with van der Waals surface area (Å²) in [6.45, 7) is 2.54. The topological polar surface area (TPSA) is 115 Å². The zero-order valence-electron chi connectivity index (χ0n) is 20.9. The summed E-state index contributed by atoms with van der Waals surface area (Å²) < 4.78 is 7.71. The Balaban J connectivity index is 1.21. The Hall–Kier alpha value is -3.49. The van der Waals surface area contributed by atoms with Crippen molar-refractivity contribution < 1.29 is 14.1 Å². The van der Waals surface area contributed by atoms with Crippen molar-refractivity contribution in [2.24, 2.45) is 0 Å². The zero-order chi connectivity index (χ0) is 25.0. The van der Waals surface area contributed by atoms with Gasteiger partial charge in [-0.3, -0.25) is 9.59 Å². The summed E-state index contributed by atoms with van der Waals surface area (Å²) >= 11 is 0. The van der Waals surface area contributed by atoms with Gasteiger partial charge in [0.15, 0.2) is 5.82 Å². The van der Waals surface area contributed by atoms with Crippen LogP contribution in [0.25, 0.3) is 11.3 Å². The van der Waals surface area contributed by atoms with Gasteiger partial charge in [0, 0.05) is 50.2 Å². The van der Waals surface area contributed by atoms with Gasteiger partial charge in [0.25, 0.3) is 0 Å². The number of nitrogens with zero attached hydrogens (tertiary/aromatic N) is 4. The number of imidazole rings is 1. The molecule has 36 heavy (non-hydrogen) atoms. The summed E-state index contributed by atoms with van der Waals surface area (Å²) in [5, 5.41) is 10.3. The highest BCUT2D eigenvalue weighted by atomic mass is 16.5. The number of benzene rings is 1. The van der Waals surface area contributed by atoms with Gasteiger partial charge in [-0.05, 0) is 37.8 Å². The number of aryl methyl sites for hydroxylation is 3. The van der Waals surface area contributed by atoms with Crippen LogP contribution in [-0.4, -0.2) is 31.5 Å². The van der Waals surface area contributed by atoms with Gasteiger partial charge >= 0.3 is 0 Å². The lowest BCUT2D eigenvalue weighted by Gasteiger charge is -2.30. The third-order valence-electron chi connectivity index (χ3n) is 7.19. The van der Waals surface area contributed by atoms with Crippen molar-refractivity contribution in [3.63, 3.8) is 0 Å². The first-order chi connectivity index (χ1) is 17.5. The monoisotopic (exact) mass is 490 g/mol. The number of rotatable bonds is 7. The number of fused-ring (bicyclic) bond motifs is 1. The Morgan fingerprint density at radius 1 is 1.08 bits per heavy atom. The SMILES string of the molecule is CC(=O)NC1(c2noc(CCC(=O)Nc3cccc(-c4cn5c(n4)CCCC5)c3)n2)CCCCCC1. The summed E-state index contributed by atoms with van der Waals surface area (Å²) in [6, 6.07) is 7.79. The van der Waals surface area contributed by atoms with E-state index in [9.17, 15) is 9.59 Å². The van der Waals surface area contributed by atoms with Gasteiger partial charge in [0.1, 0.15) is 11.4 Å². The predicted molar refractivity (Wildman–Crippen MR) is 135 cm³/mol. The average Bonchev–Trinajstić information content (AvgIpc) is 3.46. The molecule has 2 aliphatic rings. The van der Waals surface area contributed by atoms with Gasteiger partial charge in [-0.15, -0.1) is 0 Å². The minimum atomic E-state index is -0.584. The van der Waals surface area contributed by atoms with Crippen molar-refractivity contribution in [2.45, 2.75) is 89.6 Å². The van der Waals surface area contributed by atoms with Crippen LogP contribution in [-0.2, 0) is 34.5 Å². The molecule has 0 radical (unpaired) electrons. The van der Waals surface area contributed by atoms with Crippen molar-refractivity contribution in [1.82, 2.24) is 25.0 Å². The Bertz CT molecular complexity index is 1200. The second-order valence-electron chi connectivity index (χ2n) is 10.0. The fraction of sp³-hybridized carbons (Fsp3) is 0.519. The number of hydrogen-bond acceptors (Lipinski definition) is 6. The Morgan fingerprint density at radius 3 is 2.69 bits per heavy atom. The zero-order valence-corrected chi connectivity index (χ0v) is 20.9. The van der Waals surface area contributed by atoms with Crippen LogP contribution in [0.3, 0.4) is 0 Å². The first kappa shape index (κ1) is 24.2. The van der Waals surface area contributed by atoms with Crippen molar-refractivity contribution in [3.8, 4) is 11.3 Å². The van der Waals surface area contributed by atoms with Crippen molar-refractivity contribution in [2.75, 3.05) is 5.32 Å². The van der Waals surface area contributed by atoms with Gasteiger partial charge in [-0.25, -0.2) is 4.98 Å². The number of amides is 2. The highest BCUT2D eigenvalue weighted by Crippen LogP contribution is 2.34. The number of anilines is 1. The third kappa shape index (κ3) is 5.50. The minimum absolute atomic E-state index is 0.0967. The lowest BCUT2D eigenvalue weighted by atomic mass is 9.89. The molecule has 190 valence electrons. The maximum atomic E-state index is 12.7. The van der Waals surface area contributed by atoms with Crippen LogP contribution >= 0.6 is 0 Å². The molecule has 3 heterocycles. The van der Waals surface area contributed by atoms with E-state index in [4.69, 9.17) is 9.51 Å². The van der Waals surface area contributed by atoms with Gasteiger partial charge < -0.3 is 19.7 Å². The van der Waals surface area contributed by atoms with E-state index in [0.29, 0.717) is 18.1 Å². The van der Waals surface area contributed by atoms with E-state index in [1.165, 1.54) is 19.8 Å². The van der Waals surface area contributed by atoms with Crippen molar-refractivity contribution in [1.29, 1.82) is 0 Å². The van der Waals surface area contributed by atoms with Crippen LogP contribution in [0, 0.1) is 0 Å². The molecule has 0 bridgehead atoms.